The molecule has 0 N–H and O–H groups in total. The van der Waals surface area contributed by atoms with Crippen molar-refractivity contribution < 1.29 is 17.6 Å². The molecule has 4 heteroatoms. The maximum atomic E-state index is 14.3. The highest BCUT2D eigenvalue weighted by Crippen LogP contribution is 2.54. The van der Waals surface area contributed by atoms with Gasteiger partial charge in [0.2, 0.25) is 0 Å². The summed E-state index contributed by atoms with van der Waals surface area (Å²) in [5, 5.41) is 0. The molecule has 0 spiro atoms. The van der Waals surface area contributed by atoms with Crippen LogP contribution in [-0.4, -0.2) is 0 Å². The Hall–Kier alpha value is -2.10. The van der Waals surface area contributed by atoms with E-state index in [0.29, 0.717) is 12.0 Å². The molecule has 4 atom stereocenters. The third kappa shape index (κ3) is 3.19. The third-order valence-electron chi connectivity index (χ3n) is 6.34. The minimum Gasteiger partial charge on any atom is -0.207 e. The van der Waals surface area contributed by atoms with Gasteiger partial charge in [0.1, 0.15) is 11.6 Å². The van der Waals surface area contributed by atoms with Crippen molar-refractivity contribution in [1.82, 2.24) is 0 Å². The van der Waals surface area contributed by atoms with E-state index >= 15 is 0 Å². The summed E-state index contributed by atoms with van der Waals surface area (Å²) in [6, 6.07) is 6.55. The van der Waals surface area contributed by atoms with Crippen molar-refractivity contribution in [3.63, 3.8) is 0 Å². The standard InChI is InChI=1S/C23H22F4/c1-2-3-13-4-6-16-18(23(13)14-5-9-20(25)22(27)10-14)8-7-17-19(16)11-15(24)12-21(17)26/h2-3,5,9-13,16,18,23H,4,6-8H2,1H3/b3-2+/t13-,16-,18+,23-/m1/s1. The lowest BCUT2D eigenvalue weighted by Crippen LogP contribution is -2.35. The van der Waals surface area contributed by atoms with Crippen molar-refractivity contribution >= 4 is 0 Å². The molecule has 0 nitrogen and oxygen atoms in total. The van der Waals surface area contributed by atoms with Gasteiger partial charge < -0.3 is 0 Å². The summed E-state index contributed by atoms with van der Waals surface area (Å²) in [4.78, 5) is 0. The summed E-state index contributed by atoms with van der Waals surface area (Å²) in [6.45, 7) is 1.95. The third-order valence-corrected chi connectivity index (χ3v) is 6.34. The molecule has 2 aliphatic carbocycles. The topological polar surface area (TPSA) is 0 Å². The van der Waals surface area contributed by atoms with Gasteiger partial charge in [-0.05, 0) is 91.2 Å². The first kappa shape index (κ1) is 18.3. The number of fused-ring (bicyclic) bond motifs is 3. The second-order valence-electron chi connectivity index (χ2n) is 7.73. The number of hydrogen-bond acceptors (Lipinski definition) is 0. The van der Waals surface area contributed by atoms with Crippen LogP contribution in [-0.2, 0) is 6.42 Å². The monoisotopic (exact) mass is 374 g/mol. The van der Waals surface area contributed by atoms with Gasteiger partial charge in [-0.1, -0.05) is 18.2 Å². The highest BCUT2D eigenvalue weighted by molar-refractivity contribution is 5.38. The summed E-state index contributed by atoms with van der Waals surface area (Å²) in [6.07, 6.45) is 7.13. The first-order valence-electron chi connectivity index (χ1n) is 9.55. The molecule has 0 aliphatic heterocycles. The Morgan fingerprint density at radius 3 is 2.44 bits per heavy atom. The fourth-order valence-corrected chi connectivity index (χ4v) is 5.31. The van der Waals surface area contributed by atoms with E-state index in [1.807, 2.05) is 13.0 Å². The maximum Gasteiger partial charge on any atom is 0.159 e. The smallest absolute Gasteiger partial charge is 0.159 e. The van der Waals surface area contributed by atoms with Gasteiger partial charge in [-0.2, -0.15) is 0 Å². The Balaban J connectivity index is 1.79. The maximum absolute atomic E-state index is 14.3. The molecule has 2 aromatic carbocycles. The fraction of sp³-hybridized carbons (Fsp3) is 0.391. The van der Waals surface area contributed by atoms with Crippen molar-refractivity contribution in [2.45, 2.75) is 44.4 Å². The zero-order chi connectivity index (χ0) is 19.1. The Labute approximate surface area is 156 Å². The molecule has 142 valence electrons. The van der Waals surface area contributed by atoms with Crippen LogP contribution >= 0.6 is 0 Å². The van der Waals surface area contributed by atoms with Crippen molar-refractivity contribution in [2.75, 3.05) is 0 Å². The van der Waals surface area contributed by atoms with Crippen molar-refractivity contribution in [3.8, 4) is 0 Å². The van der Waals surface area contributed by atoms with E-state index < -0.39 is 23.3 Å². The molecule has 4 rings (SSSR count). The van der Waals surface area contributed by atoms with Crippen molar-refractivity contribution in [2.24, 2.45) is 11.8 Å². The number of halogens is 4. The summed E-state index contributed by atoms with van der Waals surface area (Å²) in [5.41, 5.74) is 2.15. The first-order chi connectivity index (χ1) is 13.0. The molecule has 0 heterocycles. The molecule has 1 fully saturated rings. The van der Waals surface area contributed by atoms with Gasteiger partial charge in [-0.15, -0.1) is 0 Å². The van der Waals surface area contributed by atoms with Crippen molar-refractivity contribution in [3.05, 3.63) is 82.4 Å². The van der Waals surface area contributed by atoms with Crippen LogP contribution in [0.25, 0.3) is 0 Å². The van der Waals surface area contributed by atoms with Crippen LogP contribution in [0.4, 0.5) is 17.6 Å². The number of rotatable bonds is 2. The molecule has 0 unspecified atom stereocenters. The van der Waals surface area contributed by atoms with E-state index in [1.54, 1.807) is 6.07 Å². The number of benzene rings is 2. The lowest BCUT2D eigenvalue weighted by molar-refractivity contribution is 0.193. The van der Waals surface area contributed by atoms with Crippen LogP contribution in [0, 0.1) is 35.1 Å². The Kier molecular flexibility index (Phi) is 4.83. The van der Waals surface area contributed by atoms with Gasteiger partial charge in [-0.3, -0.25) is 0 Å². The Bertz CT molecular complexity index is 886. The van der Waals surface area contributed by atoms with E-state index in [0.717, 1.165) is 36.5 Å². The minimum atomic E-state index is -0.855. The largest absolute Gasteiger partial charge is 0.207 e. The van der Waals surface area contributed by atoms with Crippen LogP contribution in [0.5, 0.6) is 0 Å². The van der Waals surface area contributed by atoms with Gasteiger partial charge >= 0.3 is 0 Å². The van der Waals surface area contributed by atoms with E-state index in [2.05, 4.69) is 6.08 Å². The van der Waals surface area contributed by atoms with Crippen LogP contribution in [0.15, 0.2) is 42.5 Å². The Morgan fingerprint density at radius 2 is 1.70 bits per heavy atom. The molecule has 0 amide bonds. The normalized spacial score (nSPS) is 27.4. The van der Waals surface area contributed by atoms with Crippen LogP contribution < -0.4 is 0 Å². The number of allylic oxidation sites excluding steroid dienone is 2. The first-order valence-corrected chi connectivity index (χ1v) is 9.55. The van der Waals surface area contributed by atoms with Gasteiger partial charge in [0, 0.05) is 6.07 Å². The molecular weight excluding hydrogens is 352 g/mol. The second kappa shape index (κ2) is 7.14. The van der Waals surface area contributed by atoms with Gasteiger partial charge in [0.15, 0.2) is 11.6 Å². The van der Waals surface area contributed by atoms with E-state index in [9.17, 15) is 17.6 Å². The van der Waals surface area contributed by atoms with E-state index in [-0.39, 0.29) is 23.7 Å². The highest BCUT2D eigenvalue weighted by Gasteiger charge is 2.43. The average Bonchev–Trinajstić information content (AvgIpc) is 2.64. The predicted molar refractivity (Wildman–Crippen MR) is 97.5 cm³/mol. The summed E-state index contributed by atoms with van der Waals surface area (Å²) >= 11 is 0. The van der Waals surface area contributed by atoms with Crippen LogP contribution in [0.1, 0.15) is 54.7 Å². The Morgan fingerprint density at radius 1 is 0.889 bits per heavy atom. The highest BCUT2D eigenvalue weighted by atomic mass is 19.2. The van der Waals surface area contributed by atoms with E-state index in [1.165, 1.54) is 18.2 Å². The molecule has 0 bridgehead atoms. The van der Waals surface area contributed by atoms with Gasteiger partial charge in [0.05, 0.1) is 0 Å². The van der Waals surface area contributed by atoms with E-state index in [4.69, 9.17) is 0 Å². The summed E-state index contributed by atoms with van der Waals surface area (Å²) in [7, 11) is 0. The molecule has 0 aromatic heterocycles. The zero-order valence-electron chi connectivity index (χ0n) is 15.2. The molecule has 1 saturated carbocycles. The minimum absolute atomic E-state index is 0.00882. The second-order valence-corrected chi connectivity index (χ2v) is 7.73. The lowest BCUT2D eigenvalue weighted by atomic mass is 9.58. The molecule has 2 aliphatic rings. The molecule has 0 radical (unpaired) electrons. The van der Waals surface area contributed by atoms with Gasteiger partial charge in [-0.25, -0.2) is 17.6 Å². The quantitative estimate of drug-likeness (QED) is 0.407. The predicted octanol–water partition coefficient (Wildman–Crippen LogP) is 6.66. The molecule has 0 saturated heterocycles. The van der Waals surface area contributed by atoms with Crippen LogP contribution in [0.2, 0.25) is 0 Å². The summed E-state index contributed by atoms with van der Waals surface area (Å²) < 4.78 is 55.5. The molecule has 2 aromatic rings. The fourth-order valence-electron chi connectivity index (χ4n) is 5.31. The molecular formula is C23H22F4. The molecule has 27 heavy (non-hydrogen) atoms. The van der Waals surface area contributed by atoms with Gasteiger partial charge in [0.25, 0.3) is 0 Å². The SMILES string of the molecule is C/C=C/[C@@H]1CC[C@H]2c3cc(F)cc(F)c3CC[C@@H]2[C@H]1c1ccc(F)c(F)c1. The van der Waals surface area contributed by atoms with Crippen molar-refractivity contribution in [1.29, 1.82) is 0 Å². The average molecular weight is 374 g/mol. The summed E-state index contributed by atoms with van der Waals surface area (Å²) in [5.74, 6) is -2.31. The zero-order valence-corrected chi connectivity index (χ0v) is 15.2. The number of hydrogen-bond donors (Lipinski definition) is 0. The van der Waals surface area contributed by atoms with Crippen LogP contribution in [0.3, 0.4) is 0 Å². The lowest BCUT2D eigenvalue weighted by Gasteiger charge is -2.46.